The quantitative estimate of drug-likeness (QED) is 0.720. The maximum Gasteiger partial charge on any atom is 0.257 e. The summed E-state index contributed by atoms with van der Waals surface area (Å²) >= 11 is 5.91. The molecule has 2 amide bonds. The van der Waals surface area contributed by atoms with Crippen molar-refractivity contribution < 1.29 is 9.59 Å². The van der Waals surface area contributed by atoms with Gasteiger partial charge in [0, 0.05) is 35.2 Å². The zero-order valence-electron chi connectivity index (χ0n) is 13.8. The Hall–Kier alpha value is -3.18. The Morgan fingerprint density at radius 3 is 2.50 bits per heavy atom. The number of nitrogens with one attached hydrogen (secondary N) is 2. The minimum absolute atomic E-state index is 0.235. The second-order valence-corrected chi connectivity index (χ2v) is 5.98. The van der Waals surface area contributed by atoms with Crippen LogP contribution in [-0.4, -0.2) is 16.8 Å². The molecule has 0 aliphatic rings. The summed E-state index contributed by atoms with van der Waals surface area (Å²) < 4.78 is 0. The fourth-order valence-corrected chi connectivity index (χ4v) is 2.59. The minimum Gasteiger partial charge on any atom is -0.348 e. The fraction of sp³-hybridized carbons (Fsp3) is 0.0500. The Bertz CT molecular complexity index is 929. The minimum atomic E-state index is -0.258. The first kappa shape index (κ1) is 17.6. The summed E-state index contributed by atoms with van der Waals surface area (Å²) in [6.45, 7) is 0.273. The van der Waals surface area contributed by atoms with Crippen molar-refractivity contribution in [2.75, 3.05) is 5.32 Å². The van der Waals surface area contributed by atoms with E-state index in [1.807, 2.05) is 18.2 Å². The number of pyridine rings is 1. The highest BCUT2D eigenvalue weighted by molar-refractivity contribution is 6.30. The van der Waals surface area contributed by atoms with Crippen molar-refractivity contribution in [3.63, 3.8) is 0 Å². The van der Waals surface area contributed by atoms with Gasteiger partial charge in [-0.1, -0.05) is 35.9 Å². The number of benzene rings is 2. The molecule has 0 fully saturated rings. The van der Waals surface area contributed by atoms with E-state index < -0.39 is 0 Å². The van der Waals surface area contributed by atoms with Crippen molar-refractivity contribution in [2.24, 2.45) is 0 Å². The third-order valence-electron chi connectivity index (χ3n) is 3.72. The second kappa shape index (κ2) is 8.27. The van der Waals surface area contributed by atoms with Crippen LogP contribution in [0.2, 0.25) is 5.02 Å². The molecule has 0 saturated heterocycles. The molecule has 0 atom stereocenters. The highest BCUT2D eigenvalue weighted by atomic mass is 35.5. The van der Waals surface area contributed by atoms with Crippen LogP contribution in [-0.2, 0) is 6.54 Å². The van der Waals surface area contributed by atoms with E-state index in [-0.39, 0.29) is 18.4 Å². The molecular weight excluding hydrogens is 350 g/mol. The van der Waals surface area contributed by atoms with Gasteiger partial charge in [-0.25, -0.2) is 0 Å². The Labute approximate surface area is 156 Å². The highest BCUT2D eigenvalue weighted by Crippen LogP contribution is 2.17. The molecule has 0 bridgehead atoms. The molecular formula is C20H16ClN3O2. The Balaban J connectivity index is 1.69. The standard InChI is InChI=1S/C20H16ClN3O2/c21-17-8-3-6-14(11-17)19(25)23-13-15-5-1-2-9-18(15)24-20(26)16-7-4-10-22-12-16/h1-12H,13H2,(H,23,25)(H,24,26). The van der Waals surface area contributed by atoms with E-state index in [9.17, 15) is 9.59 Å². The van der Waals surface area contributed by atoms with Gasteiger partial charge in [0.05, 0.1) is 5.56 Å². The van der Waals surface area contributed by atoms with Crippen LogP contribution in [0.1, 0.15) is 26.3 Å². The Morgan fingerprint density at radius 1 is 0.923 bits per heavy atom. The molecule has 1 aromatic heterocycles. The molecule has 130 valence electrons. The molecule has 3 rings (SSSR count). The molecule has 5 nitrogen and oxygen atoms in total. The van der Waals surface area contributed by atoms with E-state index in [0.29, 0.717) is 21.8 Å². The Morgan fingerprint density at radius 2 is 1.73 bits per heavy atom. The van der Waals surface area contributed by atoms with E-state index in [4.69, 9.17) is 11.6 Å². The monoisotopic (exact) mass is 365 g/mol. The fourth-order valence-electron chi connectivity index (χ4n) is 2.40. The third kappa shape index (κ3) is 4.46. The number of nitrogens with zero attached hydrogens (tertiary/aromatic N) is 1. The molecule has 0 spiro atoms. The third-order valence-corrected chi connectivity index (χ3v) is 3.95. The number of rotatable bonds is 5. The van der Waals surface area contributed by atoms with Gasteiger partial charge in [0.1, 0.15) is 0 Å². The maximum absolute atomic E-state index is 12.3. The molecule has 0 aliphatic heterocycles. The van der Waals surface area contributed by atoms with Crippen molar-refractivity contribution in [3.05, 3.63) is 94.8 Å². The van der Waals surface area contributed by atoms with Gasteiger partial charge in [0.25, 0.3) is 11.8 Å². The van der Waals surface area contributed by atoms with E-state index in [0.717, 1.165) is 5.56 Å². The second-order valence-electron chi connectivity index (χ2n) is 5.55. The lowest BCUT2D eigenvalue weighted by Crippen LogP contribution is -2.24. The summed E-state index contributed by atoms with van der Waals surface area (Å²) in [5.74, 6) is -0.493. The molecule has 0 unspecified atom stereocenters. The summed E-state index contributed by atoms with van der Waals surface area (Å²) in [6, 6.07) is 17.4. The van der Waals surface area contributed by atoms with E-state index in [2.05, 4.69) is 15.6 Å². The van der Waals surface area contributed by atoms with Crippen molar-refractivity contribution in [2.45, 2.75) is 6.54 Å². The molecule has 0 radical (unpaired) electrons. The summed E-state index contributed by atoms with van der Waals surface area (Å²) in [5, 5.41) is 6.18. The number of anilines is 1. The van der Waals surface area contributed by atoms with Crippen molar-refractivity contribution in [3.8, 4) is 0 Å². The molecule has 0 aliphatic carbocycles. The van der Waals surface area contributed by atoms with Gasteiger partial charge < -0.3 is 10.6 Å². The average Bonchev–Trinajstić information content (AvgIpc) is 2.67. The predicted octanol–water partition coefficient (Wildman–Crippen LogP) is 3.92. The lowest BCUT2D eigenvalue weighted by molar-refractivity contribution is 0.0950. The molecule has 3 aromatic rings. The number of halogens is 1. The normalized spacial score (nSPS) is 10.2. The van der Waals surface area contributed by atoms with Gasteiger partial charge in [-0.3, -0.25) is 14.6 Å². The first-order valence-electron chi connectivity index (χ1n) is 7.96. The van der Waals surface area contributed by atoms with Gasteiger partial charge in [0.15, 0.2) is 0 Å². The Kier molecular flexibility index (Phi) is 5.61. The topological polar surface area (TPSA) is 71.1 Å². The number of carbonyl (C=O) groups excluding carboxylic acids is 2. The first-order valence-corrected chi connectivity index (χ1v) is 8.34. The van der Waals surface area contributed by atoms with Crippen LogP contribution in [0.4, 0.5) is 5.69 Å². The van der Waals surface area contributed by atoms with Crippen LogP contribution in [0, 0.1) is 0 Å². The predicted molar refractivity (Wildman–Crippen MR) is 101 cm³/mol. The van der Waals surface area contributed by atoms with Crippen LogP contribution >= 0.6 is 11.6 Å². The van der Waals surface area contributed by atoms with Crippen LogP contribution in [0.25, 0.3) is 0 Å². The first-order chi connectivity index (χ1) is 12.6. The maximum atomic E-state index is 12.3. The van der Waals surface area contributed by atoms with Crippen molar-refractivity contribution in [1.29, 1.82) is 0 Å². The van der Waals surface area contributed by atoms with Gasteiger partial charge in [-0.2, -0.15) is 0 Å². The molecule has 6 heteroatoms. The zero-order chi connectivity index (χ0) is 18.4. The lowest BCUT2D eigenvalue weighted by atomic mass is 10.1. The molecule has 2 N–H and O–H groups in total. The summed E-state index contributed by atoms with van der Waals surface area (Å²) in [5.41, 5.74) is 2.37. The molecule has 2 aromatic carbocycles. The SMILES string of the molecule is O=C(NCc1ccccc1NC(=O)c1cccnc1)c1cccc(Cl)c1. The zero-order valence-corrected chi connectivity index (χ0v) is 14.5. The number of amides is 2. The van der Waals surface area contributed by atoms with Crippen LogP contribution < -0.4 is 10.6 Å². The van der Waals surface area contributed by atoms with Crippen LogP contribution in [0.15, 0.2) is 73.1 Å². The van der Waals surface area contributed by atoms with E-state index >= 15 is 0 Å². The van der Waals surface area contributed by atoms with E-state index in [1.54, 1.807) is 48.7 Å². The number of hydrogen-bond acceptors (Lipinski definition) is 3. The molecule has 26 heavy (non-hydrogen) atoms. The number of aromatic nitrogens is 1. The van der Waals surface area contributed by atoms with Crippen LogP contribution in [0.3, 0.4) is 0 Å². The summed E-state index contributed by atoms with van der Waals surface area (Å²) in [7, 11) is 0. The average molecular weight is 366 g/mol. The lowest BCUT2D eigenvalue weighted by Gasteiger charge is -2.12. The van der Waals surface area contributed by atoms with Gasteiger partial charge in [-0.15, -0.1) is 0 Å². The number of hydrogen-bond donors (Lipinski definition) is 2. The van der Waals surface area contributed by atoms with Gasteiger partial charge in [-0.05, 0) is 42.0 Å². The summed E-state index contributed by atoms with van der Waals surface area (Å²) in [4.78, 5) is 28.5. The number of para-hydroxylation sites is 1. The molecule has 1 heterocycles. The van der Waals surface area contributed by atoms with Crippen molar-refractivity contribution in [1.82, 2.24) is 10.3 Å². The van der Waals surface area contributed by atoms with Gasteiger partial charge >= 0.3 is 0 Å². The largest absolute Gasteiger partial charge is 0.348 e. The van der Waals surface area contributed by atoms with Crippen molar-refractivity contribution >= 4 is 29.1 Å². The summed E-state index contributed by atoms with van der Waals surface area (Å²) in [6.07, 6.45) is 3.11. The molecule has 0 saturated carbocycles. The van der Waals surface area contributed by atoms with Gasteiger partial charge in [0.2, 0.25) is 0 Å². The number of carbonyl (C=O) groups is 2. The van der Waals surface area contributed by atoms with E-state index in [1.165, 1.54) is 6.20 Å². The highest BCUT2D eigenvalue weighted by Gasteiger charge is 2.11. The van der Waals surface area contributed by atoms with Crippen LogP contribution in [0.5, 0.6) is 0 Å². The smallest absolute Gasteiger partial charge is 0.257 e.